The van der Waals surface area contributed by atoms with Gasteiger partial charge in [0.05, 0.1) is 30.8 Å². The topological polar surface area (TPSA) is 160 Å². The van der Waals surface area contributed by atoms with Crippen molar-refractivity contribution in [3.05, 3.63) is 50.1 Å². The fourth-order valence-electron chi connectivity index (χ4n) is 3.20. The van der Waals surface area contributed by atoms with E-state index in [0.29, 0.717) is 35.2 Å². The van der Waals surface area contributed by atoms with Crippen molar-refractivity contribution < 1.29 is 19.8 Å². The molecule has 1 aliphatic heterocycles. The van der Waals surface area contributed by atoms with Gasteiger partial charge in [0.2, 0.25) is 5.43 Å². The normalized spacial score (nSPS) is 14.2. The molecule has 1 saturated heterocycles. The number of aromatic nitrogens is 3. The van der Waals surface area contributed by atoms with Gasteiger partial charge in [-0.15, -0.1) is 16.2 Å². The molecule has 32 heavy (non-hydrogen) atoms. The van der Waals surface area contributed by atoms with Crippen LogP contribution in [0.5, 0.6) is 0 Å². The summed E-state index contributed by atoms with van der Waals surface area (Å²) in [6, 6.07) is 1.71. The number of amides is 1. The molecule has 0 saturated carbocycles. The SMILES string of the molecule is Cc1cc(N2CC(=NOCC(O)CO)C2)nc2c1c(=O)c(C(=O)N=O)cn2-c1nccs1. The molecule has 3 aromatic heterocycles. The first-order valence-electron chi connectivity index (χ1n) is 9.49. The Labute approximate surface area is 184 Å². The third-order valence-corrected chi connectivity index (χ3v) is 5.59. The minimum absolute atomic E-state index is 0.107. The molecule has 1 unspecified atom stereocenters. The Morgan fingerprint density at radius 3 is 2.84 bits per heavy atom. The molecule has 4 heterocycles. The van der Waals surface area contributed by atoms with Crippen molar-refractivity contribution in [2.75, 3.05) is 31.2 Å². The molecule has 0 bridgehead atoms. The summed E-state index contributed by atoms with van der Waals surface area (Å²) in [5.41, 5.74) is 0.644. The summed E-state index contributed by atoms with van der Waals surface area (Å²) in [4.78, 5) is 51.4. The minimum Gasteiger partial charge on any atom is -0.394 e. The summed E-state index contributed by atoms with van der Waals surface area (Å²) in [5.74, 6) is -0.567. The fourth-order valence-corrected chi connectivity index (χ4v) is 3.82. The molecular weight excluding hydrogens is 440 g/mol. The number of pyridine rings is 2. The van der Waals surface area contributed by atoms with E-state index in [4.69, 9.17) is 9.94 Å². The van der Waals surface area contributed by atoms with E-state index < -0.39 is 24.0 Å². The van der Waals surface area contributed by atoms with E-state index in [-0.39, 0.29) is 17.6 Å². The van der Waals surface area contributed by atoms with Crippen molar-refractivity contribution in [1.29, 1.82) is 0 Å². The average Bonchev–Trinajstić information content (AvgIpc) is 3.29. The van der Waals surface area contributed by atoms with Gasteiger partial charge in [0.25, 0.3) is 0 Å². The van der Waals surface area contributed by atoms with E-state index in [0.717, 1.165) is 5.71 Å². The van der Waals surface area contributed by atoms with Crippen LogP contribution in [-0.4, -0.2) is 68.8 Å². The van der Waals surface area contributed by atoms with Gasteiger partial charge < -0.3 is 20.0 Å². The van der Waals surface area contributed by atoms with Crippen LogP contribution < -0.4 is 10.3 Å². The van der Waals surface area contributed by atoms with Gasteiger partial charge in [0.1, 0.15) is 24.1 Å². The summed E-state index contributed by atoms with van der Waals surface area (Å²) >= 11 is 1.28. The first-order chi connectivity index (χ1) is 15.4. The van der Waals surface area contributed by atoms with Crippen LogP contribution >= 0.6 is 11.3 Å². The number of carbonyl (C=O) groups is 1. The molecule has 0 aliphatic carbocycles. The smallest absolute Gasteiger partial charge is 0.322 e. The van der Waals surface area contributed by atoms with Crippen LogP contribution in [0.1, 0.15) is 15.9 Å². The highest BCUT2D eigenvalue weighted by Gasteiger charge is 2.27. The Hall–Kier alpha value is -3.55. The predicted molar refractivity (Wildman–Crippen MR) is 117 cm³/mol. The summed E-state index contributed by atoms with van der Waals surface area (Å²) in [7, 11) is 0. The Morgan fingerprint density at radius 1 is 1.41 bits per heavy atom. The lowest BCUT2D eigenvalue weighted by molar-refractivity contribution is 0.00789. The molecule has 1 atom stereocenters. The standard InChI is InChI=1S/C19H18N6O6S/c1-10-4-14(24-5-11(6-24)23-31-9-12(27)8-26)21-17-15(10)16(28)13(18(29)22-30)7-25(17)19-20-2-3-32-19/h2-4,7,12,26-27H,5-6,8-9H2,1H3. The zero-order valence-corrected chi connectivity index (χ0v) is 17.7. The molecule has 1 fully saturated rings. The van der Waals surface area contributed by atoms with Crippen molar-refractivity contribution >= 4 is 39.8 Å². The number of hydrogen-bond acceptors (Lipinski definition) is 11. The van der Waals surface area contributed by atoms with Gasteiger partial charge in [-0.3, -0.25) is 14.2 Å². The number of nitrogens with zero attached hydrogens (tertiary/aromatic N) is 6. The first kappa shape index (κ1) is 21.7. The number of fused-ring (bicyclic) bond motifs is 1. The highest BCUT2D eigenvalue weighted by atomic mass is 32.1. The number of carbonyl (C=O) groups excluding carboxylic acids is 1. The predicted octanol–water partition coefficient (Wildman–Crippen LogP) is 0.603. The van der Waals surface area contributed by atoms with Crippen molar-refractivity contribution in [3.63, 3.8) is 0 Å². The highest BCUT2D eigenvalue weighted by Crippen LogP contribution is 2.26. The minimum atomic E-state index is -1.15. The molecule has 0 spiro atoms. The van der Waals surface area contributed by atoms with Gasteiger partial charge in [0, 0.05) is 23.0 Å². The van der Waals surface area contributed by atoms with Gasteiger partial charge in [-0.05, 0) is 18.6 Å². The second-order valence-electron chi connectivity index (χ2n) is 7.09. The van der Waals surface area contributed by atoms with E-state index in [9.17, 15) is 19.6 Å². The zero-order chi connectivity index (χ0) is 22.8. The number of nitroso groups, excluding NO2 is 1. The monoisotopic (exact) mass is 458 g/mol. The molecular formula is C19H18N6O6S. The Kier molecular flexibility index (Phi) is 6.03. The number of rotatable bonds is 7. The molecule has 13 heteroatoms. The van der Waals surface area contributed by atoms with Gasteiger partial charge in [0.15, 0.2) is 10.8 Å². The van der Waals surface area contributed by atoms with Crippen LogP contribution in [0.2, 0.25) is 0 Å². The van der Waals surface area contributed by atoms with Crippen LogP contribution in [0.4, 0.5) is 5.82 Å². The van der Waals surface area contributed by atoms with E-state index in [1.54, 1.807) is 24.6 Å². The fraction of sp³-hybridized carbons (Fsp3) is 0.316. The third kappa shape index (κ3) is 4.00. The number of thiazole rings is 1. The summed E-state index contributed by atoms with van der Waals surface area (Å²) in [6.45, 7) is 2.07. The van der Waals surface area contributed by atoms with Gasteiger partial charge in [-0.1, -0.05) is 5.16 Å². The van der Waals surface area contributed by atoms with E-state index in [2.05, 4.69) is 20.3 Å². The van der Waals surface area contributed by atoms with Gasteiger partial charge >= 0.3 is 5.91 Å². The molecule has 1 aliphatic rings. The number of oxime groups is 1. The highest BCUT2D eigenvalue weighted by molar-refractivity contribution is 7.12. The van der Waals surface area contributed by atoms with Crippen molar-refractivity contribution in [1.82, 2.24) is 14.5 Å². The third-order valence-electron chi connectivity index (χ3n) is 4.82. The lowest BCUT2D eigenvalue weighted by Gasteiger charge is -2.33. The van der Waals surface area contributed by atoms with Gasteiger partial charge in [-0.2, -0.15) is 0 Å². The molecule has 3 aromatic rings. The van der Waals surface area contributed by atoms with Crippen LogP contribution in [0.25, 0.3) is 16.2 Å². The number of aliphatic hydroxyl groups is 2. The van der Waals surface area contributed by atoms with Crippen LogP contribution in [0.15, 0.2) is 39.0 Å². The number of anilines is 1. The van der Waals surface area contributed by atoms with Crippen molar-refractivity contribution in [3.8, 4) is 5.13 Å². The first-order valence-corrected chi connectivity index (χ1v) is 10.4. The Bertz CT molecular complexity index is 1260. The van der Waals surface area contributed by atoms with Crippen LogP contribution in [0.3, 0.4) is 0 Å². The summed E-state index contributed by atoms with van der Waals surface area (Å²) < 4.78 is 1.50. The largest absolute Gasteiger partial charge is 0.394 e. The zero-order valence-electron chi connectivity index (χ0n) is 16.8. The molecule has 12 nitrogen and oxygen atoms in total. The molecule has 0 aromatic carbocycles. The summed E-state index contributed by atoms with van der Waals surface area (Å²) in [5, 5.41) is 26.8. The molecule has 166 valence electrons. The maximum Gasteiger partial charge on any atom is 0.322 e. The van der Waals surface area contributed by atoms with Crippen molar-refractivity contribution in [2.24, 2.45) is 10.3 Å². The van der Waals surface area contributed by atoms with Crippen LogP contribution in [0, 0.1) is 11.8 Å². The van der Waals surface area contributed by atoms with Crippen molar-refractivity contribution in [2.45, 2.75) is 13.0 Å². The van der Waals surface area contributed by atoms with Gasteiger partial charge in [-0.25, -0.2) is 9.97 Å². The van der Waals surface area contributed by atoms with E-state index >= 15 is 0 Å². The second kappa shape index (κ2) is 8.90. The molecule has 1 amide bonds. The molecule has 0 radical (unpaired) electrons. The number of aryl methyl sites for hydroxylation is 1. The van der Waals surface area contributed by atoms with E-state index in [1.807, 2.05) is 4.90 Å². The Balaban J connectivity index is 1.72. The molecule has 4 rings (SSSR count). The maximum absolute atomic E-state index is 12.9. The quantitative estimate of drug-likeness (QED) is 0.382. The maximum atomic E-state index is 12.9. The second-order valence-corrected chi connectivity index (χ2v) is 7.97. The number of hydrogen-bond donors (Lipinski definition) is 2. The lowest BCUT2D eigenvalue weighted by Crippen LogP contribution is -2.48. The average molecular weight is 458 g/mol. The summed E-state index contributed by atoms with van der Waals surface area (Å²) in [6.07, 6.45) is 1.83. The van der Waals surface area contributed by atoms with E-state index in [1.165, 1.54) is 22.1 Å². The molecule has 2 N–H and O–H groups in total. The van der Waals surface area contributed by atoms with Crippen LogP contribution in [-0.2, 0) is 4.84 Å². The lowest BCUT2D eigenvalue weighted by atomic mass is 10.1. The Morgan fingerprint density at radius 2 is 2.19 bits per heavy atom. The number of aliphatic hydroxyl groups excluding tert-OH is 2.